The highest BCUT2D eigenvalue weighted by molar-refractivity contribution is 5.90. The fourth-order valence-electron chi connectivity index (χ4n) is 1.15. The molecule has 7 heteroatoms. The summed E-state index contributed by atoms with van der Waals surface area (Å²) in [4.78, 5) is 11.1. The van der Waals surface area contributed by atoms with Crippen molar-refractivity contribution < 1.29 is 28.2 Å². The third-order valence-corrected chi connectivity index (χ3v) is 1.82. The van der Waals surface area contributed by atoms with E-state index < -0.39 is 24.1 Å². The Morgan fingerprint density at radius 3 is 2.65 bits per heavy atom. The normalized spacial score (nSPS) is 9.82. The van der Waals surface area contributed by atoms with Crippen LogP contribution < -0.4 is 4.74 Å². The van der Waals surface area contributed by atoms with E-state index >= 15 is 0 Å². The number of hydrogen-bond acceptors (Lipinski definition) is 5. The van der Waals surface area contributed by atoms with Crippen LogP contribution in [-0.4, -0.2) is 24.8 Å². The van der Waals surface area contributed by atoms with Crippen LogP contribution in [0.5, 0.6) is 11.5 Å². The van der Waals surface area contributed by atoms with E-state index in [9.17, 15) is 18.7 Å². The third kappa shape index (κ3) is 2.81. The zero-order valence-electron chi connectivity index (χ0n) is 8.61. The van der Waals surface area contributed by atoms with Gasteiger partial charge in [0, 0.05) is 0 Å². The maximum absolute atomic E-state index is 12.0. The Labute approximate surface area is 94.8 Å². The molecule has 0 bridgehead atoms. The summed E-state index contributed by atoms with van der Waals surface area (Å²) in [5.74, 6) is -2.21. The summed E-state index contributed by atoms with van der Waals surface area (Å²) in [6.07, 6.45) is 0. The molecule has 0 spiro atoms. The van der Waals surface area contributed by atoms with Crippen molar-refractivity contribution in [1.29, 1.82) is 5.26 Å². The first kappa shape index (κ1) is 12.7. The molecule has 0 atom stereocenters. The Morgan fingerprint density at radius 1 is 1.53 bits per heavy atom. The Kier molecular flexibility index (Phi) is 3.82. The van der Waals surface area contributed by atoms with E-state index in [1.54, 1.807) is 0 Å². The second kappa shape index (κ2) is 5.12. The summed E-state index contributed by atoms with van der Waals surface area (Å²) in [5, 5.41) is 18.1. The number of nitrogens with zero attached hydrogens (tertiary/aromatic N) is 1. The fourth-order valence-corrected chi connectivity index (χ4v) is 1.15. The molecule has 0 aliphatic carbocycles. The van der Waals surface area contributed by atoms with E-state index in [1.165, 1.54) is 6.07 Å². The van der Waals surface area contributed by atoms with Crippen LogP contribution in [0, 0.1) is 11.3 Å². The van der Waals surface area contributed by atoms with Gasteiger partial charge in [0.25, 0.3) is 0 Å². The summed E-state index contributed by atoms with van der Waals surface area (Å²) in [7, 11) is 1.11. The van der Waals surface area contributed by atoms with Gasteiger partial charge in [-0.15, -0.1) is 0 Å². The number of carbonyl (C=O) groups excluding carboxylic acids is 1. The zero-order valence-corrected chi connectivity index (χ0v) is 8.61. The predicted molar refractivity (Wildman–Crippen MR) is 50.8 cm³/mol. The fraction of sp³-hybridized carbons (Fsp3) is 0.200. The number of nitriles is 1. The molecular formula is C10H7F2NO4. The minimum absolute atomic E-state index is 0.136. The van der Waals surface area contributed by atoms with Gasteiger partial charge in [-0.25, -0.2) is 4.79 Å². The number of phenolic OH excluding ortho intramolecular Hbond substituents is 1. The van der Waals surface area contributed by atoms with E-state index in [2.05, 4.69) is 9.47 Å². The standard InChI is InChI=1S/C10H7F2NO4/c1-16-9(15)5-2-6(4-13)8(7(14)3-5)17-10(11)12/h2-3,10,14H,1H3. The first-order valence-electron chi connectivity index (χ1n) is 4.29. The molecule has 1 N–H and O–H groups in total. The number of alkyl halides is 2. The number of halogens is 2. The number of phenols is 1. The van der Waals surface area contributed by atoms with Crippen LogP contribution in [0.25, 0.3) is 0 Å². The van der Waals surface area contributed by atoms with E-state index in [0.717, 1.165) is 19.2 Å². The van der Waals surface area contributed by atoms with Crippen LogP contribution in [0.1, 0.15) is 15.9 Å². The van der Waals surface area contributed by atoms with Gasteiger partial charge in [-0.1, -0.05) is 0 Å². The number of benzene rings is 1. The van der Waals surface area contributed by atoms with E-state index in [-0.39, 0.29) is 11.1 Å². The smallest absolute Gasteiger partial charge is 0.387 e. The lowest BCUT2D eigenvalue weighted by Gasteiger charge is -2.09. The van der Waals surface area contributed by atoms with Crippen LogP contribution in [0.4, 0.5) is 8.78 Å². The Morgan fingerprint density at radius 2 is 2.18 bits per heavy atom. The van der Waals surface area contributed by atoms with Crippen molar-refractivity contribution in [3.05, 3.63) is 23.3 Å². The topological polar surface area (TPSA) is 79.6 Å². The van der Waals surface area contributed by atoms with Gasteiger partial charge in [0.2, 0.25) is 0 Å². The first-order valence-corrected chi connectivity index (χ1v) is 4.29. The molecule has 0 unspecified atom stereocenters. The Bertz CT molecular complexity index is 482. The van der Waals surface area contributed by atoms with E-state index in [4.69, 9.17) is 5.26 Å². The Balaban J connectivity index is 3.27. The largest absolute Gasteiger partial charge is 0.504 e. The molecule has 0 heterocycles. The summed E-state index contributed by atoms with van der Waals surface area (Å²) in [5.41, 5.74) is -0.520. The quantitative estimate of drug-likeness (QED) is 0.816. The van der Waals surface area contributed by atoms with Gasteiger partial charge < -0.3 is 14.6 Å². The van der Waals surface area contributed by atoms with E-state index in [0.29, 0.717) is 0 Å². The van der Waals surface area contributed by atoms with Gasteiger partial charge in [-0.3, -0.25) is 0 Å². The molecule has 0 aliphatic heterocycles. The number of methoxy groups -OCH3 is 1. The lowest BCUT2D eigenvalue weighted by Crippen LogP contribution is -2.06. The summed E-state index contributed by atoms with van der Waals surface area (Å²) >= 11 is 0. The highest BCUT2D eigenvalue weighted by atomic mass is 19.3. The molecule has 0 amide bonds. The second-order valence-electron chi connectivity index (χ2n) is 2.85. The average molecular weight is 243 g/mol. The van der Waals surface area contributed by atoms with Crippen LogP contribution in [-0.2, 0) is 4.74 Å². The van der Waals surface area contributed by atoms with Crippen molar-refractivity contribution in [1.82, 2.24) is 0 Å². The molecule has 0 saturated heterocycles. The van der Waals surface area contributed by atoms with Crippen LogP contribution in [0.3, 0.4) is 0 Å². The maximum atomic E-state index is 12.0. The molecule has 0 radical (unpaired) electrons. The first-order chi connectivity index (χ1) is 7.99. The number of carbonyl (C=O) groups is 1. The molecule has 1 rings (SSSR count). The molecule has 1 aromatic rings. The van der Waals surface area contributed by atoms with Gasteiger partial charge in [0.1, 0.15) is 6.07 Å². The molecule has 5 nitrogen and oxygen atoms in total. The van der Waals surface area contributed by atoms with Gasteiger partial charge in [-0.05, 0) is 12.1 Å². The van der Waals surface area contributed by atoms with Gasteiger partial charge >= 0.3 is 12.6 Å². The molecule has 0 aromatic heterocycles. The number of ether oxygens (including phenoxy) is 2. The number of rotatable bonds is 3. The SMILES string of the molecule is COC(=O)c1cc(O)c(OC(F)F)c(C#N)c1. The summed E-state index contributed by atoms with van der Waals surface area (Å²) in [6.45, 7) is -3.18. The monoisotopic (exact) mass is 243 g/mol. The summed E-state index contributed by atoms with van der Waals surface area (Å²) < 4.78 is 32.4. The van der Waals surface area contributed by atoms with Crippen LogP contribution in [0.2, 0.25) is 0 Å². The predicted octanol–water partition coefficient (Wildman–Crippen LogP) is 1.65. The maximum Gasteiger partial charge on any atom is 0.387 e. The van der Waals surface area contributed by atoms with E-state index in [1.807, 2.05) is 0 Å². The Hall–Kier alpha value is -2.36. The van der Waals surface area contributed by atoms with Crippen molar-refractivity contribution in [3.8, 4) is 17.6 Å². The van der Waals surface area contributed by atoms with Crippen molar-refractivity contribution in [2.45, 2.75) is 6.61 Å². The van der Waals surface area contributed by atoms with Crippen LogP contribution in [0.15, 0.2) is 12.1 Å². The molecule has 0 fully saturated rings. The van der Waals surface area contributed by atoms with Crippen molar-refractivity contribution in [3.63, 3.8) is 0 Å². The summed E-state index contributed by atoms with van der Waals surface area (Å²) in [6, 6.07) is 3.40. The van der Waals surface area contributed by atoms with Crippen molar-refractivity contribution in [2.24, 2.45) is 0 Å². The third-order valence-electron chi connectivity index (χ3n) is 1.82. The molecular weight excluding hydrogens is 236 g/mol. The average Bonchev–Trinajstić information content (AvgIpc) is 2.29. The molecule has 0 saturated carbocycles. The van der Waals surface area contributed by atoms with Gasteiger partial charge in [-0.2, -0.15) is 14.0 Å². The number of aromatic hydroxyl groups is 1. The van der Waals surface area contributed by atoms with Crippen molar-refractivity contribution >= 4 is 5.97 Å². The molecule has 1 aromatic carbocycles. The number of esters is 1. The molecule has 90 valence electrons. The van der Waals surface area contributed by atoms with Crippen LogP contribution >= 0.6 is 0 Å². The lowest BCUT2D eigenvalue weighted by molar-refractivity contribution is -0.0514. The molecule has 17 heavy (non-hydrogen) atoms. The van der Waals surface area contributed by atoms with Gasteiger partial charge in [0.05, 0.1) is 18.2 Å². The zero-order chi connectivity index (χ0) is 13.0. The van der Waals surface area contributed by atoms with Crippen molar-refractivity contribution in [2.75, 3.05) is 7.11 Å². The minimum atomic E-state index is -3.18. The highest BCUT2D eigenvalue weighted by Gasteiger charge is 2.18. The number of hydrogen-bond donors (Lipinski definition) is 1. The minimum Gasteiger partial charge on any atom is -0.504 e. The molecule has 0 aliphatic rings. The lowest BCUT2D eigenvalue weighted by atomic mass is 10.1. The van der Waals surface area contributed by atoms with Gasteiger partial charge in [0.15, 0.2) is 11.5 Å². The second-order valence-corrected chi connectivity index (χ2v) is 2.85. The highest BCUT2D eigenvalue weighted by Crippen LogP contribution is 2.32.